The summed E-state index contributed by atoms with van der Waals surface area (Å²) in [5.41, 5.74) is 7.83. The lowest BCUT2D eigenvalue weighted by Gasteiger charge is -2.34. The fourth-order valence-electron chi connectivity index (χ4n) is 3.64. The molecule has 5 heteroatoms. The van der Waals surface area contributed by atoms with E-state index in [-0.39, 0.29) is 12.5 Å². The standard InChI is InChI=1S/C23H20N2O3/c24-22(26)21(16-9-3-1-4-10-16)25(23(27)17-11-5-2-6-12-17)19-15-28-20-14-8-7-13-18(19)20/h1-14,19,21H,15H2,(H2,24,26)/t19-,21+/m1/s1. The normalized spacial score (nSPS) is 15.9. The van der Waals surface area contributed by atoms with Crippen molar-refractivity contribution >= 4 is 11.8 Å². The molecular weight excluding hydrogens is 352 g/mol. The summed E-state index contributed by atoms with van der Waals surface area (Å²) in [7, 11) is 0. The highest BCUT2D eigenvalue weighted by molar-refractivity contribution is 5.98. The lowest BCUT2D eigenvalue weighted by atomic mass is 9.98. The van der Waals surface area contributed by atoms with Gasteiger partial charge in [0.2, 0.25) is 5.91 Å². The Morgan fingerprint density at radius 2 is 1.50 bits per heavy atom. The van der Waals surface area contributed by atoms with Crippen molar-refractivity contribution in [1.82, 2.24) is 4.90 Å². The summed E-state index contributed by atoms with van der Waals surface area (Å²) in [5, 5.41) is 0. The molecule has 5 nitrogen and oxygen atoms in total. The molecule has 0 radical (unpaired) electrons. The highest BCUT2D eigenvalue weighted by Crippen LogP contribution is 2.40. The number of ether oxygens (including phenoxy) is 1. The van der Waals surface area contributed by atoms with E-state index >= 15 is 0 Å². The number of fused-ring (bicyclic) bond motifs is 1. The highest BCUT2D eigenvalue weighted by Gasteiger charge is 2.40. The van der Waals surface area contributed by atoms with Gasteiger partial charge in [0, 0.05) is 11.1 Å². The van der Waals surface area contributed by atoms with Crippen molar-refractivity contribution in [3.63, 3.8) is 0 Å². The van der Waals surface area contributed by atoms with E-state index < -0.39 is 18.0 Å². The number of primary amides is 1. The number of carbonyl (C=O) groups is 2. The Morgan fingerprint density at radius 3 is 2.18 bits per heavy atom. The molecule has 0 spiro atoms. The molecule has 2 N–H and O–H groups in total. The summed E-state index contributed by atoms with van der Waals surface area (Å²) in [6, 6.07) is 24.3. The summed E-state index contributed by atoms with van der Waals surface area (Å²) in [6.45, 7) is 0.272. The van der Waals surface area contributed by atoms with Crippen LogP contribution >= 0.6 is 0 Å². The number of benzene rings is 3. The maximum Gasteiger partial charge on any atom is 0.255 e. The van der Waals surface area contributed by atoms with E-state index in [0.717, 1.165) is 11.3 Å². The Balaban J connectivity index is 1.84. The van der Waals surface area contributed by atoms with Gasteiger partial charge in [-0.1, -0.05) is 66.7 Å². The third kappa shape index (κ3) is 3.22. The van der Waals surface area contributed by atoms with Crippen LogP contribution in [0, 0.1) is 0 Å². The Morgan fingerprint density at radius 1 is 0.893 bits per heavy atom. The second kappa shape index (κ2) is 7.56. The van der Waals surface area contributed by atoms with Crippen LogP contribution in [-0.2, 0) is 4.79 Å². The minimum Gasteiger partial charge on any atom is -0.491 e. The second-order valence-corrected chi connectivity index (χ2v) is 6.66. The Kier molecular flexibility index (Phi) is 4.81. The van der Waals surface area contributed by atoms with Crippen LogP contribution in [-0.4, -0.2) is 23.3 Å². The molecule has 0 unspecified atom stereocenters. The van der Waals surface area contributed by atoms with E-state index in [2.05, 4.69) is 0 Å². The smallest absolute Gasteiger partial charge is 0.255 e. The number of hydrogen-bond donors (Lipinski definition) is 1. The summed E-state index contributed by atoms with van der Waals surface area (Å²) < 4.78 is 5.80. The van der Waals surface area contributed by atoms with Crippen LogP contribution in [0.25, 0.3) is 0 Å². The molecule has 0 bridgehead atoms. The van der Waals surface area contributed by atoms with Gasteiger partial charge in [-0.15, -0.1) is 0 Å². The Bertz CT molecular complexity index is 989. The lowest BCUT2D eigenvalue weighted by Crippen LogP contribution is -2.44. The fourth-order valence-corrected chi connectivity index (χ4v) is 3.64. The van der Waals surface area contributed by atoms with Gasteiger partial charge in [0.25, 0.3) is 5.91 Å². The average Bonchev–Trinajstić information content (AvgIpc) is 3.16. The van der Waals surface area contributed by atoms with Crippen LogP contribution in [0.2, 0.25) is 0 Å². The zero-order valence-electron chi connectivity index (χ0n) is 15.2. The molecule has 0 saturated carbocycles. The van der Waals surface area contributed by atoms with Gasteiger partial charge >= 0.3 is 0 Å². The first-order chi connectivity index (χ1) is 13.7. The van der Waals surface area contributed by atoms with Crippen LogP contribution in [0.3, 0.4) is 0 Å². The number of carbonyl (C=O) groups excluding carboxylic acids is 2. The number of hydrogen-bond acceptors (Lipinski definition) is 3. The van der Waals surface area contributed by atoms with Crippen LogP contribution in [0.15, 0.2) is 84.9 Å². The van der Waals surface area contributed by atoms with Crippen LogP contribution in [0.5, 0.6) is 5.75 Å². The topological polar surface area (TPSA) is 72.6 Å². The molecule has 1 heterocycles. The third-order valence-corrected chi connectivity index (χ3v) is 4.93. The molecule has 4 rings (SSSR count). The van der Waals surface area contributed by atoms with E-state index in [4.69, 9.17) is 10.5 Å². The van der Waals surface area contributed by atoms with Gasteiger partial charge < -0.3 is 15.4 Å². The first kappa shape index (κ1) is 17.8. The largest absolute Gasteiger partial charge is 0.491 e. The minimum absolute atomic E-state index is 0.265. The molecular formula is C23H20N2O3. The summed E-state index contributed by atoms with van der Waals surface area (Å²) in [6.07, 6.45) is 0. The van der Waals surface area contributed by atoms with E-state index in [1.54, 1.807) is 29.2 Å². The van der Waals surface area contributed by atoms with E-state index in [9.17, 15) is 9.59 Å². The number of amides is 2. The van der Waals surface area contributed by atoms with Gasteiger partial charge in [-0.2, -0.15) is 0 Å². The van der Waals surface area contributed by atoms with Crippen molar-refractivity contribution in [3.05, 3.63) is 102 Å². The van der Waals surface area contributed by atoms with Crippen molar-refractivity contribution in [2.75, 3.05) is 6.61 Å². The van der Waals surface area contributed by atoms with E-state index in [0.29, 0.717) is 11.1 Å². The summed E-state index contributed by atoms with van der Waals surface area (Å²) >= 11 is 0. The van der Waals surface area contributed by atoms with Crippen molar-refractivity contribution in [2.24, 2.45) is 5.73 Å². The molecule has 140 valence electrons. The van der Waals surface area contributed by atoms with E-state index in [1.807, 2.05) is 60.7 Å². The van der Waals surface area contributed by atoms with Gasteiger partial charge in [-0.3, -0.25) is 9.59 Å². The van der Waals surface area contributed by atoms with Gasteiger partial charge in [-0.25, -0.2) is 0 Å². The van der Waals surface area contributed by atoms with E-state index in [1.165, 1.54) is 0 Å². The number of rotatable bonds is 5. The zero-order chi connectivity index (χ0) is 19.5. The van der Waals surface area contributed by atoms with Gasteiger partial charge in [0.15, 0.2) is 0 Å². The highest BCUT2D eigenvalue weighted by atomic mass is 16.5. The van der Waals surface area contributed by atoms with Crippen molar-refractivity contribution in [1.29, 1.82) is 0 Å². The molecule has 2 atom stereocenters. The number of nitrogens with zero attached hydrogens (tertiary/aromatic N) is 1. The molecule has 2 amide bonds. The Hall–Kier alpha value is -3.60. The number of para-hydroxylation sites is 1. The summed E-state index contributed by atoms with van der Waals surface area (Å²) in [5.74, 6) is -0.131. The zero-order valence-corrected chi connectivity index (χ0v) is 15.2. The SMILES string of the molecule is NC(=O)[C@H](c1ccccc1)N(C(=O)c1ccccc1)[C@@H]1COc2ccccc21. The summed E-state index contributed by atoms with van der Waals surface area (Å²) in [4.78, 5) is 27.6. The maximum atomic E-state index is 13.5. The van der Waals surface area contributed by atoms with Crippen LogP contribution in [0.4, 0.5) is 0 Å². The van der Waals surface area contributed by atoms with Crippen LogP contribution < -0.4 is 10.5 Å². The van der Waals surface area contributed by atoms with Gasteiger partial charge in [0.1, 0.15) is 18.4 Å². The fraction of sp³-hybridized carbons (Fsp3) is 0.130. The predicted molar refractivity (Wildman–Crippen MR) is 106 cm³/mol. The molecule has 3 aromatic rings. The molecule has 1 aliphatic heterocycles. The lowest BCUT2D eigenvalue weighted by molar-refractivity contribution is -0.123. The average molecular weight is 372 g/mol. The van der Waals surface area contributed by atoms with Crippen LogP contribution in [0.1, 0.15) is 33.6 Å². The molecule has 28 heavy (non-hydrogen) atoms. The quantitative estimate of drug-likeness (QED) is 0.745. The molecule has 0 saturated heterocycles. The first-order valence-corrected chi connectivity index (χ1v) is 9.10. The number of nitrogens with two attached hydrogens (primary N) is 1. The molecule has 3 aromatic carbocycles. The Labute approximate surface area is 163 Å². The molecule has 0 fully saturated rings. The minimum atomic E-state index is -0.909. The molecule has 0 aliphatic carbocycles. The molecule has 0 aromatic heterocycles. The molecule has 1 aliphatic rings. The predicted octanol–water partition coefficient (Wildman–Crippen LogP) is 3.49. The third-order valence-electron chi connectivity index (χ3n) is 4.93. The maximum absolute atomic E-state index is 13.5. The monoisotopic (exact) mass is 372 g/mol. The van der Waals surface area contributed by atoms with Gasteiger partial charge in [0.05, 0.1) is 6.04 Å². The van der Waals surface area contributed by atoms with Crippen molar-refractivity contribution in [2.45, 2.75) is 12.1 Å². The van der Waals surface area contributed by atoms with Crippen molar-refractivity contribution in [3.8, 4) is 5.75 Å². The van der Waals surface area contributed by atoms with Crippen molar-refractivity contribution < 1.29 is 14.3 Å². The van der Waals surface area contributed by atoms with Gasteiger partial charge in [-0.05, 0) is 23.8 Å². The first-order valence-electron chi connectivity index (χ1n) is 9.10. The second-order valence-electron chi connectivity index (χ2n) is 6.66.